The lowest BCUT2D eigenvalue weighted by atomic mass is 9.99. The van der Waals surface area contributed by atoms with Gasteiger partial charge in [-0.25, -0.2) is 10.9 Å². The van der Waals surface area contributed by atoms with Gasteiger partial charge in [0.2, 0.25) is 11.8 Å². The molecule has 4 aliphatic carbocycles. The Kier molecular flexibility index (Phi) is 4.37. The van der Waals surface area contributed by atoms with Crippen molar-refractivity contribution in [2.75, 3.05) is 0 Å². The average Bonchev–Trinajstić information content (AvgIpc) is 3.36. The summed E-state index contributed by atoms with van der Waals surface area (Å²) in [5.74, 6) is 2.34. The Morgan fingerprint density at radius 2 is 1.25 bits per heavy atom. The maximum absolute atomic E-state index is 11.8. The third-order valence-corrected chi connectivity index (χ3v) is 6.25. The molecule has 0 heterocycles. The highest BCUT2D eigenvalue weighted by Gasteiger charge is 2.37. The van der Waals surface area contributed by atoms with Crippen molar-refractivity contribution in [3.8, 4) is 0 Å². The van der Waals surface area contributed by atoms with Crippen LogP contribution in [0.5, 0.6) is 0 Å². The van der Waals surface area contributed by atoms with E-state index in [9.17, 15) is 9.59 Å². The number of hydrogen-bond donors (Lipinski definition) is 2. The summed E-state index contributed by atoms with van der Waals surface area (Å²) in [5.41, 5.74) is 7.52. The van der Waals surface area contributed by atoms with Crippen molar-refractivity contribution in [3.63, 3.8) is 0 Å². The fraction of sp³-hybridized carbons (Fsp3) is 0.778. The van der Waals surface area contributed by atoms with Gasteiger partial charge >= 0.3 is 0 Å². The second kappa shape index (κ2) is 6.65. The van der Waals surface area contributed by atoms with Gasteiger partial charge in [0.1, 0.15) is 0 Å². The van der Waals surface area contributed by atoms with Crippen LogP contribution in [0.15, 0.2) is 10.2 Å². The summed E-state index contributed by atoms with van der Waals surface area (Å²) in [6.45, 7) is 0. The van der Waals surface area contributed by atoms with E-state index in [2.05, 4.69) is 21.1 Å². The number of nitrogens with zero attached hydrogens (tertiary/aromatic N) is 2. The lowest BCUT2D eigenvalue weighted by molar-refractivity contribution is -0.126. The minimum absolute atomic E-state index is 0.160. The average molecular weight is 330 g/mol. The van der Waals surface area contributed by atoms with Crippen LogP contribution in [-0.2, 0) is 9.59 Å². The molecule has 0 saturated heterocycles. The molecule has 4 rings (SSSR count). The van der Waals surface area contributed by atoms with Crippen LogP contribution in [0.2, 0.25) is 0 Å². The van der Waals surface area contributed by atoms with Crippen LogP contribution in [0.3, 0.4) is 0 Å². The van der Waals surface area contributed by atoms with E-state index < -0.39 is 0 Å². The molecule has 4 saturated carbocycles. The highest BCUT2D eigenvalue weighted by atomic mass is 16.2. The zero-order valence-electron chi connectivity index (χ0n) is 14.1. The molecule has 4 atom stereocenters. The SMILES string of the molecule is O=C(CCC(=O)N/N=C1/C[C@H]2CC[C@H]1C2)N/N=C1/C[C@H]2CC[C@@H]1C2. The van der Waals surface area contributed by atoms with Crippen molar-refractivity contribution in [2.24, 2.45) is 33.9 Å². The summed E-state index contributed by atoms with van der Waals surface area (Å²) in [7, 11) is 0. The summed E-state index contributed by atoms with van der Waals surface area (Å²) in [4.78, 5) is 23.7. The number of hydrazone groups is 2. The van der Waals surface area contributed by atoms with Crippen LogP contribution in [0.4, 0.5) is 0 Å². The minimum Gasteiger partial charge on any atom is -0.273 e. The van der Waals surface area contributed by atoms with Crippen LogP contribution >= 0.6 is 0 Å². The molecule has 0 aliphatic heterocycles. The van der Waals surface area contributed by atoms with Gasteiger partial charge in [0, 0.05) is 24.3 Å². The Morgan fingerprint density at radius 1 is 0.792 bits per heavy atom. The number of fused-ring (bicyclic) bond motifs is 4. The Labute approximate surface area is 142 Å². The molecule has 6 nitrogen and oxygen atoms in total. The van der Waals surface area contributed by atoms with Crippen LogP contribution in [-0.4, -0.2) is 23.2 Å². The Hall–Kier alpha value is -1.72. The molecule has 0 aromatic heterocycles. The van der Waals surface area contributed by atoms with Crippen molar-refractivity contribution >= 4 is 23.2 Å². The van der Waals surface area contributed by atoms with E-state index in [1.807, 2.05) is 0 Å². The summed E-state index contributed by atoms with van der Waals surface area (Å²) in [6, 6.07) is 0. The molecule has 130 valence electrons. The molecular weight excluding hydrogens is 304 g/mol. The number of rotatable bonds is 5. The first-order valence-corrected chi connectivity index (χ1v) is 9.38. The molecule has 0 unspecified atom stereocenters. The molecule has 6 heteroatoms. The summed E-state index contributed by atoms with van der Waals surface area (Å²) >= 11 is 0. The third-order valence-electron chi connectivity index (χ3n) is 6.25. The first-order valence-electron chi connectivity index (χ1n) is 9.38. The molecule has 0 spiro atoms. The van der Waals surface area contributed by atoms with Gasteiger partial charge in [0.15, 0.2) is 0 Å². The lowest BCUT2D eigenvalue weighted by Gasteiger charge is -2.12. The molecular formula is C18H26N4O2. The van der Waals surface area contributed by atoms with Crippen LogP contribution in [0.1, 0.15) is 64.2 Å². The van der Waals surface area contributed by atoms with Crippen molar-refractivity contribution in [1.82, 2.24) is 10.9 Å². The largest absolute Gasteiger partial charge is 0.273 e. The quantitative estimate of drug-likeness (QED) is 0.759. The fourth-order valence-corrected chi connectivity index (χ4v) is 4.93. The second-order valence-electron chi connectivity index (χ2n) is 7.94. The van der Waals surface area contributed by atoms with Gasteiger partial charge in [0.25, 0.3) is 0 Å². The number of amides is 2. The number of nitrogens with one attached hydrogen (secondary N) is 2. The van der Waals surface area contributed by atoms with Crippen LogP contribution in [0.25, 0.3) is 0 Å². The van der Waals surface area contributed by atoms with E-state index in [-0.39, 0.29) is 24.7 Å². The third kappa shape index (κ3) is 3.37. The number of carbonyl (C=O) groups is 2. The smallest absolute Gasteiger partial charge is 0.240 e. The summed E-state index contributed by atoms with van der Waals surface area (Å²) in [6.07, 6.45) is 9.90. The molecule has 0 radical (unpaired) electrons. The normalized spacial score (nSPS) is 36.7. The Balaban J connectivity index is 1.17. The van der Waals surface area contributed by atoms with E-state index in [1.54, 1.807) is 0 Å². The summed E-state index contributed by atoms with van der Waals surface area (Å²) < 4.78 is 0. The van der Waals surface area contributed by atoms with Gasteiger partial charge in [-0.3, -0.25) is 9.59 Å². The van der Waals surface area contributed by atoms with Gasteiger partial charge in [-0.05, 0) is 75.0 Å². The zero-order chi connectivity index (χ0) is 16.5. The monoisotopic (exact) mass is 330 g/mol. The van der Waals surface area contributed by atoms with Crippen molar-refractivity contribution < 1.29 is 9.59 Å². The molecule has 2 N–H and O–H groups in total. The van der Waals surface area contributed by atoms with Crippen LogP contribution < -0.4 is 10.9 Å². The van der Waals surface area contributed by atoms with Crippen LogP contribution in [0, 0.1) is 23.7 Å². The van der Waals surface area contributed by atoms with Crippen molar-refractivity contribution in [2.45, 2.75) is 64.2 Å². The maximum Gasteiger partial charge on any atom is 0.240 e. The predicted molar refractivity (Wildman–Crippen MR) is 91.3 cm³/mol. The van der Waals surface area contributed by atoms with Gasteiger partial charge in [-0.15, -0.1) is 0 Å². The summed E-state index contributed by atoms with van der Waals surface area (Å²) in [5, 5.41) is 8.55. The minimum atomic E-state index is -0.187. The number of carbonyl (C=O) groups excluding carboxylic acids is 2. The van der Waals surface area contributed by atoms with Crippen molar-refractivity contribution in [1.29, 1.82) is 0 Å². The molecule has 24 heavy (non-hydrogen) atoms. The standard InChI is InChI=1S/C18H26N4O2/c23-17(21-19-15-9-11-1-3-13(15)7-11)5-6-18(24)22-20-16-10-12-2-4-14(16)8-12/h11-14H,1-10H2,(H,21,23)(H,22,24)/b19-15-,20-16-/t11-,12-,13-,14+/m0/s1. The molecule has 4 bridgehead atoms. The topological polar surface area (TPSA) is 82.9 Å². The first kappa shape index (κ1) is 15.8. The predicted octanol–water partition coefficient (Wildman–Crippen LogP) is 2.35. The maximum atomic E-state index is 11.8. The van der Waals surface area contributed by atoms with Crippen molar-refractivity contribution in [3.05, 3.63) is 0 Å². The Bertz CT molecular complexity index is 546. The van der Waals surface area contributed by atoms with Gasteiger partial charge < -0.3 is 0 Å². The molecule has 0 aromatic rings. The first-order chi connectivity index (χ1) is 11.7. The van der Waals surface area contributed by atoms with E-state index in [4.69, 9.17) is 0 Å². The number of hydrogen-bond acceptors (Lipinski definition) is 4. The van der Waals surface area contributed by atoms with Gasteiger partial charge in [-0.1, -0.05) is 0 Å². The highest BCUT2D eigenvalue weighted by Crippen LogP contribution is 2.43. The van der Waals surface area contributed by atoms with E-state index in [0.717, 1.165) is 36.1 Å². The highest BCUT2D eigenvalue weighted by molar-refractivity contribution is 5.92. The van der Waals surface area contributed by atoms with E-state index in [1.165, 1.54) is 38.5 Å². The molecule has 4 aliphatic rings. The zero-order valence-corrected chi connectivity index (χ0v) is 14.1. The van der Waals surface area contributed by atoms with Gasteiger partial charge in [-0.2, -0.15) is 10.2 Å². The molecule has 0 aromatic carbocycles. The van der Waals surface area contributed by atoms with Gasteiger partial charge in [0.05, 0.1) is 0 Å². The van der Waals surface area contributed by atoms with E-state index >= 15 is 0 Å². The molecule has 4 fully saturated rings. The molecule has 2 amide bonds. The lowest BCUT2D eigenvalue weighted by Crippen LogP contribution is -2.25. The second-order valence-corrected chi connectivity index (χ2v) is 7.94. The fourth-order valence-electron chi connectivity index (χ4n) is 4.93. The van der Waals surface area contributed by atoms with E-state index in [0.29, 0.717) is 11.8 Å². The Morgan fingerprint density at radius 3 is 1.58 bits per heavy atom.